The van der Waals surface area contributed by atoms with E-state index in [0.29, 0.717) is 5.96 Å². The average molecular weight is 152 g/mol. The van der Waals surface area contributed by atoms with Crippen molar-refractivity contribution in [1.82, 2.24) is 10.4 Å². The van der Waals surface area contributed by atoms with Gasteiger partial charge in [0.25, 0.3) is 0 Å². The molecule has 0 aromatic rings. The highest BCUT2D eigenvalue weighted by molar-refractivity contribution is 5.85. The van der Waals surface area contributed by atoms with E-state index in [1.165, 1.54) is 0 Å². The first-order chi connectivity index (χ1) is 5.27. The molecule has 0 saturated carbocycles. The molecule has 1 N–H and O–H groups in total. The number of nitrogens with zero attached hydrogens (tertiary/aromatic N) is 3. The van der Waals surface area contributed by atoms with Gasteiger partial charge in [-0.05, 0) is 20.6 Å². The molecular weight excluding hydrogens is 140 g/mol. The van der Waals surface area contributed by atoms with E-state index in [1.807, 2.05) is 26.1 Å². The van der Waals surface area contributed by atoms with E-state index in [2.05, 4.69) is 22.1 Å². The third kappa shape index (κ3) is 1.65. The zero-order valence-corrected chi connectivity index (χ0v) is 6.78. The summed E-state index contributed by atoms with van der Waals surface area (Å²) in [6.07, 6.45) is 3.86. The second kappa shape index (κ2) is 3.30. The first-order valence-corrected chi connectivity index (χ1v) is 3.50. The van der Waals surface area contributed by atoms with Crippen LogP contribution in [0.1, 0.15) is 13.8 Å². The summed E-state index contributed by atoms with van der Waals surface area (Å²) in [5.41, 5.74) is 3.06. The normalized spacial score (nSPS) is 24.4. The minimum atomic E-state index is 0.0895. The van der Waals surface area contributed by atoms with E-state index < -0.39 is 0 Å². The number of nitrogens with one attached hydrogen (secondary N) is 1. The van der Waals surface area contributed by atoms with E-state index in [0.717, 1.165) is 0 Å². The average Bonchev–Trinajstić information content (AvgIpc) is 2.32. The summed E-state index contributed by atoms with van der Waals surface area (Å²) in [5.74, 6) is 0.621. The lowest BCUT2D eigenvalue weighted by atomic mass is 10.6. The third-order valence-electron chi connectivity index (χ3n) is 1.29. The molecule has 11 heavy (non-hydrogen) atoms. The van der Waals surface area contributed by atoms with Gasteiger partial charge in [0.15, 0.2) is 0 Å². The van der Waals surface area contributed by atoms with Crippen LogP contribution in [0.4, 0.5) is 0 Å². The molecule has 0 aromatic carbocycles. The lowest BCUT2D eigenvalue weighted by molar-refractivity contribution is 0.393. The van der Waals surface area contributed by atoms with Crippen molar-refractivity contribution in [2.45, 2.75) is 20.0 Å². The van der Waals surface area contributed by atoms with Gasteiger partial charge in [-0.3, -0.25) is 0 Å². The molecule has 4 heteroatoms. The number of hydrogen-bond acceptors (Lipinski definition) is 4. The summed E-state index contributed by atoms with van der Waals surface area (Å²) in [4.78, 5) is 7.91. The molecule has 1 unspecified atom stereocenters. The second-order valence-corrected chi connectivity index (χ2v) is 2.24. The molecule has 0 saturated heterocycles. The summed E-state index contributed by atoms with van der Waals surface area (Å²) in [6.45, 7) is 7.30. The van der Waals surface area contributed by atoms with Gasteiger partial charge < -0.3 is 0 Å². The van der Waals surface area contributed by atoms with Crippen molar-refractivity contribution in [3.8, 4) is 0 Å². The van der Waals surface area contributed by atoms with Crippen molar-refractivity contribution in [3.05, 3.63) is 12.3 Å². The lowest BCUT2D eigenvalue weighted by Crippen LogP contribution is -2.34. The summed E-state index contributed by atoms with van der Waals surface area (Å²) < 4.78 is 0. The second-order valence-electron chi connectivity index (χ2n) is 2.24. The van der Waals surface area contributed by atoms with Crippen molar-refractivity contribution < 1.29 is 0 Å². The van der Waals surface area contributed by atoms with E-state index in [1.54, 1.807) is 5.01 Å². The van der Waals surface area contributed by atoms with Gasteiger partial charge in [-0.15, -0.1) is 0 Å². The van der Waals surface area contributed by atoms with Gasteiger partial charge in [-0.25, -0.2) is 20.4 Å². The smallest absolute Gasteiger partial charge is 0.240 e. The molecule has 1 heterocycles. The standard InChI is InChI=1S/C7H12N4/c1-4-5-11-7(8-3)9-6(2)10-11/h4-6,10H,3H2,1-2H3/b5-4-. The van der Waals surface area contributed by atoms with E-state index >= 15 is 0 Å². The number of hydrogen-bond donors (Lipinski definition) is 1. The van der Waals surface area contributed by atoms with Gasteiger partial charge in [-0.2, -0.15) is 0 Å². The Morgan fingerprint density at radius 3 is 3.09 bits per heavy atom. The highest BCUT2D eigenvalue weighted by Crippen LogP contribution is 2.03. The van der Waals surface area contributed by atoms with E-state index in [-0.39, 0.29) is 6.17 Å². The molecule has 1 rings (SSSR count). The van der Waals surface area contributed by atoms with E-state index in [4.69, 9.17) is 0 Å². The molecular formula is C7H12N4. The van der Waals surface area contributed by atoms with E-state index in [9.17, 15) is 0 Å². The Morgan fingerprint density at radius 1 is 1.82 bits per heavy atom. The van der Waals surface area contributed by atoms with Crippen molar-refractivity contribution in [2.24, 2.45) is 9.98 Å². The van der Waals surface area contributed by atoms with Gasteiger partial charge in [0.05, 0.1) is 0 Å². The Morgan fingerprint density at radius 2 is 2.55 bits per heavy atom. The molecule has 0 amide bonds. The zero-order valence-electron chi connectivity index (χ0n) is 6.78. The monoisotopic (exact) mass is 152 g/mol. The Balaban J connectivity index is 2.70. The van der Waals surface area contributed by atoms with Crippen LogP contribution in [0.2, 0.25) is 0 Å². The largest absolute Gasteiger partial charge is 0.250 e. The van der Waals surface area contributed by atoms with Crippen molar-refractivity contribution >= 4 is 12.7 Å². The van der Waals surface area contributed by atoms with Crippen LogP contribution >= 0.6 is 0 Å². The molecule has 1 aliphatic rings. The molecule has 1 aliphatic heterocycles. The Kier molecular flexibility index (Phi) is 2.38. The van der Waals surface area contributed by atoms with Crippen molar-refractivity contribution in [3.63, 3.8) is 0 Å². The summed E-state index contributed by atoms with van der Waals surface area (Å²) >= 11 is 0. The SMILES string of the molecule is C=NC1=NC(C)NN1/C=C\C. The minimum absolute atomic E-state index is 0.0895. The predicted octanol–water partition coefficient (Wildman–Crippen LogP) is 0.743. The molecule has 0 spiro atoms. The summed E-state index contributed by atoms with van der Waals surface area (Å²) in [7, 11) is 0. The number of aliphatic imine (C=N–C) groups is 2. The maximum absolute atomic E-state index is 4.16. The molecule has 0 radical (unpaired) electrons. The fraction of sp³-hybridized carbons (Fsp3) is 0.429. The molecule has 60 valence electrons. The van der Waals surface area contributed by atoms with Crippen LogP contribution in [0.5, 0.6) is 0 Å². The van der Waals surface area contributed by atoms with Crippen LogP contribution in [0.15, 0.2) is 22.3 Å². The van der Waals surface area contributed by atoms with Crippen LogP contribution < -0.4 is 5.43 Å². The van der Waals surface area contributed by atoms with Crippen LogP contribution in [0, 0.1) is 0 Å². The van der Waals surface area contributed by atoms with Crippen LogP contribution in [0.3, 0.4) is 0 Å². The Hall–Kier alpha value is -1.16. The highest BCUT2D eigenvalue weighted by atomic mass is 15.6. The quantitative estimate of drug-likeness (QED) is 0.563. The van der Waals surface area contributed by atoms with Gasteiger partial charge >= 0.3 is 0 Å². The van der Waals surface area contributed by atoms with Crippen LogP contribution in [-0.4, -0.2) is 23.9 Å². The first kappa shape index (κ1) is 7.94. The van der Waals surface area contributed by atoms with Gasteiger partial charge in [0, 0.05) is 6.20 Å². The topological polar surface area (TPSA) is 40.0 Å². The Bertz CT molecular complexity index is 206. The maximum atomic E-state index is 4.16. The molecule has 0 bridgehead atoms. The van der Waals surface area contributed by atoms with Crippen molar-refractivity contribution in [1.29, 1.82) is 0 Å². The minimum Gasteiger partial charge on any atom is -0.250 e. The predicted molar refractivity (Wildman–Crippen MR) is 46.2 cm³/mol. The molecule has 1 atom stereocenters. The first-order valence-electron chi connectivity index (χ1n) is 3.50. The maximum Gasteiger partial charge on any atom is 0.240 e. The molecule has 0 aromatic heterocycles. The Labute approximate surface area is 66.3 Å². The number of allylic oxidation sites excluding steroid dienone is 1. The van der Waals surface area contributed by atoms with Crippen LogP contribution in [0.25, 0.3) is 0 Å². The van der Waals surface area contributed by atoms with Gasteiger partial charge in [0.2, 0.25) is 5.96 Å². The van der Waals surface area contributed by atoms with Gasteiger partial charge in [-0.1, -0.05) is 6.08 Å². The molecule has 4 nitrogen and oxygen atoms in total. The number of hydrazine groups is 1. The molecule has 0 aliphatic carbocycles. The molecule has 0 fully saturated rings. The lowest BCUT2D eigenvalue weighted by Gasteiger charge is -2.12. The number of guanidine groups is 1. The fourth-order valence-electron chi connectivity index (χ4n) is 0.899. The van der Waals surface area contributed by atoms with Crippen molar-refractivity contribution in [2.75, 3.05) is 0 Å². The van der Waals surface area contributed by atoms with Gasteiger partial charge in [0.1, 0.15) is 6.17 Å². The summed E-state index contributed by atoms with van der Waals surface area (Å²) in [5, 5.41) is 1.75. The number of rotatable bonds is 1. The van der Waals surface area contributed by atoms with Crippen LogP contribution in [-0.2, 0) is 0 Å². The summed E-state index contributed by atoms with van der Waals surface area (Å²) in [6, 6.07) is 0. The third-order valence-corrected chi connectivity index (χ3v) is 1.29. The fourth-order valence-corrected chi connectivity index (χ4v) is 0.899. The zero-order chi connectivity index (χ0) is 8.27. The highest BCUT2D eigenvalue weighted by Gasteiger charge is 2.17.